The second-order valence-electron chi connectivity index (χ2n) is 7.20. The Labute approximate surface area is 187 Å². The minimum Gasteiger partial charge on any atom is -0.490 e. The van der Waals surface area contributed by atoms with Crippen LogP contribution in [0.25, 0.3) is 21.2 Å². The lowest BCUT2D eigenvalue weighted by molar-refractivity contribution is 0.0960. The molecular weight excluding hydrogens is 427 g/mol. The van der Waals surface area contributed by atoms with E-state index < -0.39 is 0 Å². The summed E-state index contributed by atoms with van der Waals surface area (Å²) in [6.07, 6.45) is 0. The summed E-state index contributed by atoms with van der Waals surface area (Å²) in [5, 5.41) is 1.26. The zero-order chi connectivity index (χ0) is 22.1. The van der Waals surface area contributed by atoms with Crippen molar-refractivity contribution in [2.45, 2.75) is 13.5 Å². The van der Waals surface area contributed by atoms with Crippen molar-refractivity contribution in [3.63, 3.8) is 0 Å². The van der Waals surface area contributed by atoms with Crippen LogP contribution in [-0.2, 0) is 6.54 Å². The van der Waals surface area contributed by atoms with Gasteiger partial charge in [0.15, 0.2) is 22.2 Å². The molecule has 0 saturated heterocycles. The van der Waals surface area contributed by atoms with Crippen molar-refractivity contribution in [2.75, 3.05) is 11.5 Å². The maximum Gasteiger partial charge on any atom is 0.296 e. The van der Waals surface area contributed by atoms with Gasteiger partial charge in [-0.3, -0.25) is 9.69 Å². The molecule has 0 aliphatic carbocycles. The molecule has 0 saturated carbocycles. The van der Waals surface area contributed by atoms with Crippen LogP contribution in [0.2, 0.25) is 0 Å². The number of hydrogen-bond acceptors (Lipinski definition) is 5. The molecule has 0 aliphatic heterocycles. The molecular formula is C25H19FN2O3S. The quantitative estimate of drug-likeness (QED) is 0.302. The topological polar surface area (TPSA) is 55.6 Å². The van der Waals surface area contributed by atoms with Gasteiger partial charge in [-0.1, -0.05) is 53.8 Å². The Kier molecular flexibility index (Phi) is 5.33. The van der Waals surface area contributed by atoms with Gasteiger partial charge in [0.25, 0.3) is 5.91 Å². The van der Waals surface area contributed by atoms with E-state index in [2.05, 4.69) is 4.98 Å². The molecule has 0 N–H and O–H groups in total. The van der Waals surface area contributed by atoms with Gasteiger partial charge in [0.1, 0.15) is 5.82 Å². The fourth-order valence-electron chi connectivity index (χ4n) is 3.54. The van der Waals surface area contributed by atoms with Gasteiger partial charge >= 0.3 is 0 Å². The highest BCUT2D eigenvalue weighted by molar-refractivity contribution is 7.22. The Morgan fingerprint density at radius 1 is 1.09 bits per heavy atom. The highest BCUT2D eigenvalue weighted by atomic mass is 32.1. The molecule has 2 aromatic heterocycles. The van der Waals surface area contributed by atoms with Crippen molar-refractivity contribution >= 4 is 43.6 Å². The fraction of sp³-hybridized carbons (Fsp3) is 0.120. The molecule has 7 heteroatoms. The van der Waals surface area contributed by atoms with Crippen molar-refractivity contribution in [1.82, 2.24) is 4.98 Å². The first-order valence-electron chi connectivity index (χ1n) is 10.2. The van der Waals surface area contributed by atoms with Crippen molar-refractivity contribution < 1.29 is 18.3 Å². The second kappa shape index (κ2) is 8.43. The number of halogens is 1. The van der Waals surface area contributed by atoms with E-state index in [0.29, 0.717) is 39.8 Å². The number of benzene rings is 3. The number of ether oxygens (including phenoxy) is 1. The second-order valence-corrected chi connectivity index (χ2v) is 8.21. The summed E-state index contributed by atoms with van der Waals surface area (Å²) in [7, 11) is 0. The van der Waals surface area contributed by atoms with E-state index in [1.54, 1.807) is 17.0 Å². The minimum absolute atomic E-state index is 0.188. The van der Waals surface area contributed by atoms with E-state index in [0.717, 1.165) is 10.9 Å². The number of fused-ring (bicyclic) bond motifs is 2. The van der Waals surface area contributed by atoms with E-state index in [4.69, 9.17) is 9.15 Å². The van der Waals surface area contributed by atoms with Crippen LogP contribution < -0.4 is 9.64 Å². The molecule has 160 valence electrons. The lowest BCUT2D eigenvalue weighted by Gasteiger charge is -2.18. The number of anilines is 1. The Morgan fingerprint density at radius 3 is 2.75 bits per heavy atom. The van der Waals surface area contributed by atoms with E-state index in [1.807, 2.05) is 55.5 Å². The molecule has 5 aromatic rings. The van der Waals surface area contributed by atoms with Crippen LogP contribution in [0.15, 0.2) is 77.2 Å². The molecule has 0 fully saturated rings. The molecule has 5 nitrogen and oxygen atoms in total. The lowest BCUT2D eigenvalue weighted by atomic mass is 10.2. The third-order valence-corrected chi connectivity index (χ3v) is 6.06. The molecule has 0 aliphatic rings. The maximum absolute atomic E-state index is 13.7. The van der Waals surface area contributed by atoms with Crippen molar-refractivity contribution in [3.05, 3.63) is 89.9 Å². The summed E-state index contributed by atoms with van der Waals surface area (Å²) < 4.78 is 26.0. The number of carbonyl (C=O) groups excluding carboxylic acids is 1. The van der Waals surface area contributed by atoms with Crippen LogP contribution in [0, 0.1) is 5.82 Å². The van der Waals surface area contributed by atoms with E-state index in [1.165, 1.54) is 23.5 Å². The van der Waals surface area contributed by atoms with Gasteiger partial charge in [0, 0.05) is 5.39 Å². The number of nitrogens with zero attached hydrogens (tertiary/aromatic N) is 2. The van der Waals surface area contributed by atoms with Crippen molar-refractivity contribution in [2.24, 2.45) is 0 Å². The van der Waals surface area contributed by atoms with Crippen LogP contribution in [0.3, 0.4) is 0 Å². The van der Waals surface area contributed by atoms with Gasteiger partial charge in [0.2, 0.25) is 0 Å². The largest absolute Gasteiger partial charge is 0.490 e. The average Bonchev–Trinajstić information content (AvgIpc) is 3.42. The van der Waals surface area contributed by atoms with Crippen LogP contribution in [0.1, 0.15) is 23.0 Å². The molecule has 0 unspecified atom stereocenters. The zero-order valence-electron chi connectivity index (χ0n) is 17.2. The van der Waals surface area contributed by atoms with Crippen molar-refractivity contribution in [3.8, 4) is 5.75 Å². The van der Waals surface area contributed by atoms with Crippen LogP contribution in [0.5, 0.6) is 5.75 Å². The third-order valence-electron chi connectivity index (χ3n) is 5.02. The minimum atomic E-state index is -0.339. The molecule has 0 atom stereocenters. The highest BCUT2D eigenvalue weighted by Crippen LogP contribution is 2.34. The maximum atomic E-state index is 13.7. The molecule has 5 rings (SSSR count). The van der Waals surface area contributed by atoms with E-state index in [-0.39, 0.29) is 17.5 Å². The normalized spacial score (nSPS) is 11.2. The average molecular weight is 447 g/mol. The predicted molar refractivity (Wildman–Crippen MR) is 124 cm³/mol. The summed E-state index contributed by atoms with van der Waals surface area (Å²) in [5.41, 5.74) is 2.11. The van der Waals surface area contributed by atoms with Crippen molar-refractivity contribution in [1.29, 1.82) is 0 Å². The first kappa shape index (κ1) is 20.2. The van der Waals surface area contributed by atoms with Crippen LogP contribution >= 0.6 is 11.3 Å². The number of carbonyl (C=O) groups is 1. The number of hydrogen-bond donors (Lipinski definition) is 0. The van der Waals surface area contributed by atoms with E-state index >= 15 is 0 Å². The zero-order valence-corrected chi connectivity index (χ0v) is 18.1. The fourth-order valence-corrected chi connectivity index (χ4v) is 4.53. The number of furan rings is 1. The Morgan fingerprint density at radius 2 is 1.94 bits per heavy atom. The van der Waals surface area contributed by atoms with Gasteiger partial charge in [-0.15, -0.1) is 0 Å². The molecule has 2 heterocycles. The Balaban J connectivity index is 1.58. The molecule has 0 bridgehead atoms. The summed E-state index contributed by atoms with van der Waals surface area (Å²) in [5.74, 6) is 0.115. The first-order valence-corrected chi connectivity index (χ1v) is 11.0. The third kappa shape index (κ3) is 3.83. The molecule has 3 aromatic carbocycles. The summed E-state index contributed by atoms with van der Waals surface area (Å²) in [6.45, 7) is 2.69. The number of para-hydroxylation sites is 1. The molecule has 1 amide bonds. The highest BCUT2D eigenvalue weighted by Gasteiger charge is 2.25. The molecule has 32 heavy (non-hydrogen) atoms. The van der Waals surface area contributed by atoms with Gasteiger partial charge in [-0.25, -0.2) is 9.37 Å². The number of rotatable bonds is 6. The summed E-state index contributed by atoms with van der Waals surface area (Å²) >= 11 is 1.27. The summed E-state index contributed by atoms with van der Waals surface area (Å²) in [4.78, 5) is 19.8. The predicted octanol–water partition coefficient (Wildman–Crippen LogP) is 6.43. The number of aromatic nitrogens is 1. The Bertz CT molecular complexity index is 1410. The number of thiazole rings is 1. The van der Waals surface area contributed by atoms with Gasteiger partial charge < -0.3 is 9.15 Å². The lowest BCUT2D eigenvalue weighted by Crippen LogP contribution is -2.30. The standard InChI is InChI=1S/C25H19FN2O3S/c1-2-30-20-10-6-9-17-13-21(31-23(17)20)24(29)28(15-16-7-4-3-5-8-16)25-27-19-12-11-18(26)14-22(19)32-25/h3-14H,2,15H2,1H3. The van der Waals surface area contributed by atoms with Crippen LogP contribution in [0.4, 0.5) is 9.52 Å². The van der Waals surface area contributed by atoms with Gasteiger partial charge in [-0.05, 0) is 42.8 Å². The van der Waals surface area contributed by atoms with Crippen LogP contribution in [-0.4, -0.2) is 17.5 Å². The summed E-state index contributed by atoms with van der Waals surface area (Å²) in [6, 6.07) is 21.3. The van der Waals surface area contributed by atoms with Gasteiger partial charge in [-0.2, -0.15) is 0 Å². The Hall–Kier alpha value is -3.71. The smallest absolute Gasteiger partial charge is 0.296 e. The molecule has 0 spiro atoms. The SMILES string of the molecule is CCOc1cccc2cc(C(=O)N(Cc3ccccc3)c3nc4ccc(F)cc4s3)oc12. The number of amides is 1. The van der Waals surface area contributed by atoms with Gasteiger partial charge in [0.05, 0.1) is 23.4 Å². The monoisotopic (exact) mass is 446 g/mol. The molecule has 0 radical (unpaired) electrons. The van der Waals surface area contributed by atoms with E-state index in [9.17, 15) is 9.18 Å². The first-order chi connectivity index (χ1) is 15.6.